The van der Waals surface area contributed by atoms with Gasteiger partial charge >= 0.3 is 0 Å². The third-order valence-corrected chi connectivity index (χ3v) is 2.54. The molecule has 90 valence electrons. The summed E-state index contributed by atoms with van der Waals surface area (Å²) in [6.07, 6.45) is 0. The van der Waals surface area contributed by atoms with Gasteiger partial charge in [-0.25, -0.2) is 0 Å². The molecule has 0 unspecified atom stereocenters. The van der Waals surface area contributed by atoms with Gasteiger partial charge in [0, 0.05) is 12.1 Å². The summed E-state index contributed by atoms with van der Waals surface area (Å²) < 4.78 is 0. The molecule has 3 N–H and O–H groups in total. The van der Waals surface area contributed by atoms with E-state index in [0.29, 0.717) is 11.0 Å². The van der Waals surface area contributed by atoms with Crippen LogP contribution in [-0.4, -0.2) is 30.3 Å². The zero-order valence-corrected chi connectivity index (χ0v) is 9.15. The van der Waals surface area contributed by atoms with Crippen LogP contribution in [-0.2, 0) is 0 Å². The molecule has 0 radical (unpaired) electrons. The van der Waals surface area contributed by atoms with Crippen molar-refractivity contribution in [1.82, 2.24) is 15.0 Å². The van der Waals surface area contributed by atoms with Crippen molar-refractivity contribution in [1.29, 1.82) is 0 Å². The average molecular weight is 243 g/mol. The number of phenols is 3. The summed E-state index contributed by atoms with van der Waals surface area (Å²) in [7, 11) is 0. The van der Waals surface area contributed by atoms with Gasteiger partial charge in [0.25, 0.3) is 0 Å². The van der Waals surface area contributed by atoms with Gasteiger partial charge in [0.2, 0.25) is 0 Å². The lowest BCUT2D eigenvalue weighted by Gasteiger charge is -2.05. The van der Waals surface area contributed by atoms with E-state index in [9.17, 15) is 15.3 Å². The topological polar surface area (TPSA) is 91.4 Å². The van der Waals surface area contributed by atoms with Gasteiger partial charge in [-0.3, -0.25) is 0 Å². The van der Waals surface area contributed by atoms with E-state index in [1.54, 1.807) is 12.1 Å². The molecule has 0 saturated carbocycles. The highest BCUT2D eigenvalue weighted by Gasteiger charge is 2.14. The Hall–Kier alpha value is -2.76. The van der Waals surface area contributed by atoms with Crippen molar-refractivity contribution >= 4 is 11.0 Å². The molecule has 6 nitrogen and oxygen atoms in total. The first-order chi connectivity index (χ1) is 8.65. The first-order valence-electron chi connectivity index (χ1n) is 5.22. The highest BCUT2D eigenvalue weighted by atomic mass is 16.3. The molecular formula is C12H9N3O3. The van der Waals surface area contributed by atoms with E-state index in [1.165, 1.54) is 0 Å². The van der Waals surface area contributed by atoms with Crippen molar-refractivity contribution in [3.8, 4) is 22.9 Å². The van der Waals surface area contributed by atoms with Gasteiger partial charge in [-0.05, 0) is 12.1 Å². The van der Waals surface area contributed by atoms with Crippen LogP contribution in [0.5, 0.6) is 17.2 Å². The van der Waals surface area contributed by atoms with Gasteiger partial charge < -0.3 is 15.3 Å². The standard InChI is InChI=1S/C12H9N3O3/c16-7-5-10(17)12(11(18)6-7)15-13-8-3-1-2-4-9(8)14-15/h1-6,16-18H. The summed E-state index contributed by atoms with van der Waals surface area (Å²) in [5, 5.41) is 37.0. The van der Waals surface area contributed by atoms with E-state index < -0.39 is 0 Å². The second-order valence-electron chi connectivity index (χ2n) is 3.81. The maximum absolute atomic E-state index is 9.73. The fraction of sp³-hybridized carbons (Fsp3) is 0. The van der Waals surface area contributed by atoms with Gasteiger partial charge in [0.15, 0.2) is 17.2 Å². The Bertz CT molecular complexity index is 680. The normalized spacial score (nSPS) is 10.9. The number of nitrogens with zero attached hydrogens (tertiary/aromatic N) is 3. The van der Waals surface area contributed by atoms with Gasteiger partial charge in [0.05, 0.1) is 0 Å². The maximum atomic E-state index is 9.73. The minimum Gasteiger partial charge on any atom is -0.508 e. The number of benzene rings is 2. The molecule has 1 aromatic heterocycles. The Kier molecular flexibility index (Phi) is 2.09. The first kappa shape index (κ1) is 10.4. The molecule has 0 atom stereocenters. The second kappa shape index (κ2) is 3.63. The first-order valence-corrected chi connectivity index (χ1v) is 5.22. The molecule has 3 rings (SSSR count). The Morgan fingerprint density at radius 1 is 0.833 bits per heavy atom. The maximum Gasteiger partial charge on any atom is 0.169 e. The Balaban J connectivity index is 2.26. The molecule has 0 saturated heterocycles. The largest absolute Gasteiger partial charge is 0.508 e. The van der Waals surface area contributed by atoms with Crippen LogP contribution in [0.25, 0.3) is 16.7 Å². The van der Waals surface area contributed by atoms with Crippen LogP contribution >= 0.6 is 0 Å². The van der Waals surface area contributed by atoms with E-state index in [1.807, 2.05) is 12.1 Å². The summed E-state index contributed by atoms with van der Waals surface area (Å²) in [6.45, 7) is 0. The predicted octanol–water partition coefficient (Wildman–Crippen LogP) is 1.54. The van der Waals surface area contributed by atoms with Crippen molar-refractivity contribution in [2.75, 3.05) is 0 Å². The zero-order valence-electron chi connectivity index (χ0n) is 9.15. The summed E-state index contributed by atoms with van der Waals surface area (Å²) in [5.41, 5.74) is 1.32. The summed E-state index contributed by atoms with van der Waals surface area (Å²) in [4.78, 5) is 1.13. The van der Waals surface area contributed by atoms with Crippen LogP contribution in [0.4, 0.5) is 0 Å². The lowest BCUT2D eigenvalue weighted by atomic mass is 10.2. The molecule has 2 aromatic carbocycles. The van der Waals surface area contributed by atoms with Gasteiger partial charge in [0.1, 0.15) is 16.8 Å². The Labute approximate surface area is 101 Å². The van der Waals surface area contributed by atoms with Gasteiger partial charge in [-0.15, -0.1) is 15.0 Å². The molecule has 0 fully saturated rings. The third-order valence-electron chi connectivity index (χ3n) is 2.54. The van der Waals surface area contributed by atoms with Crippen LogP contribution in [0, 0.1) is 0 Å². The molecule has 0 aliphatic rings. The monoisotopic (exact) mass is 243 g/mol. The van der Waals surface area contributed by atoms with Crippen LogP contribution < -0.4 is 0 Å². The number of hydrogen-bond acceptors (Lipinski definition) is 5. The van der Waals surface area contributed by atoms with Crippen molar-refractivity contribution in [3.63, 3.8) is 0 Å². The van der Waals surface area contributed by atoms with Crippen molar-refractivity contribution < 1.29 is 15.3 Å². The molecule has 0 aliphatic heterocycles. The van der Waals surface area contributed by atoms with E-state index in [4.69, 9.17) is 0 Å². The number of fused-ring (bicyclic) bond motifs is 1. The zero-order chi connectivity index (χ0) is 12.7. The molecule has 0 bridgehead atoms. The number of aromatic hydroxyl groups is 3. The Morgan fingerprint density at radius 3 is 1.83 bits per heavy atom. The average Bonchev–Trinajstić information content (AvgIpc) is 2.70. The minimum atomic E-state index is -0.298. The fourth-order valence-corrected chi connectivity index (χ4v) is 1.75. The van der Waals surface area contributed by atoms with Gasteiger partial charge in [-0.2, -0.15) is 0 Å². The molecule has 0 aliphatic carbocycles. The fourth-order valence-electron chi connectivity index (χ4n) is 1.75. The van der Waals surface area contributed by atoms with Crippen LogP contribution in [0.1, 0.15) is 0 Å². The van der Waals surface area contributed by atoms with Crippen molar-refractivity contribution in [2.45, 2.75) is 0 Å². The predicted molar refractivity (Wildman–Crippen MR) is 63.9 cm³/mol. The van der Waals surface area contributed by atoms with E-state index in [2.05, 4.69) is 10.2 Å². The Morgan fingerprint density at radius 2 is 1.33 bits per heavy atom. The van der Waals surface area contributed by atoms with Crippen molar-refractivity contribution in [3.05, 3.63) is 36.4 Å². The lowest BCUT2D eigenvalue weighted by Crippen LogP contribution is -1.99. The quantitative estimate of drug-likeness (QED) is 0.603. The highest BCUT2D eigenvalue weighted by molar-refractivity contribution is 5.74. The van der Waals surface area contributed by atoms with Crippen LogP contribution in [0.2, 0.25) is 0 Å². The summed E-state index contributed by atoms with van der Waals surface area (Å²) in [6, 6.07) is 9.41. The second-order valence-corrected chi connectivity index (χ2v) is 3.81. The van der Waals surface area contributed by atoms with Crippen LogP contribution in [0.15, 0.2) is 36.4 Å². The van der Waals surface area contributed by atoms with Crippen LogP contribution in [0.3, 0.4) is 0 Å². The molecule has 1 heterocycles. The molecule has 3 aromatic rings. The molecule has 6 heteroatoms. The molecular weight excluding hydrogens is 234 g/mol. The highest BCUT2D eigenvalue weighted by Crippen LogP contribution is 2.34. The number of aromatic nitrogens is 3. The van der Waals surface area contributed by atoms with Gasteiger partial charge in [-0.1, -0.05) is 12.1 Å². The summed E-state index contributed by atoms with van der Waals surface area (Å²) in [5.74, 6) is -0.828. The molecule has 0 spiro atoms. The van der Waals surface area contributed by atoms with Crippen molar-refractivity contribution in [2.24, 2.45) is 0 Å². The van der Waals surface area contributed by atoms with E-state index in [0.717, 1.165) is 16.9 Å². The smallest absolute Gasteiger partial charge is 0.169 e. The SMILES string of the molecule is Oc1cc(O)c(-n2nc3ccccc3n2)c(O)c1. The molecule has 0 amide bonds. The number of rotatable bonds is 1. The van der Waals surface area contributed by atoms with E-state index in [-0.39, 0.29) is 22.9 Å². The minimum absolute atomic E-state index is 0.0315. The number of phenolic OH excluding ortho intramolecular Hbond substituents is 3. The van der Waals surface area contributed by atoms with E-state index >= 15 is 0 Å². The molecule has 18 heavy (non-hydrogen) atoms. The number of hydrogen-bond donors (Lipinski definition) is 3. The summed E-state index contributed by atoms with van der Waals surface area (Å²) >= 11 is 0. The lowest BCUT2D eigenvalue weighted by molar-refractivity contribution is 0.420. The third kappa shape index (κ3) is 1.51.